The molecule has 0 saturated heterocycles. The number of ether oxygens (including phenoxy) is 1. The maximum atomic E-state index is 12.1. The SMILES string of the molecule is CSc1cc(OC(F)(F)F)cc(C(=O)C(C)Br)c1. The van der Waals surface area contributed by atoms with E-state index in [4.69, 9.17) is 0 Å². The summed E-state index contributed by atoms with van der Waals surface area (Å²) in [4.78, 5) is 11.8. The Balaban J connectivity index is 3.13. The zero-order valence-electron chi connectivity index (χ0n) is 9.55. The van der Waals surface area contributed by atoms with Crippen LogP contribution >= 0.6 is 27.7 Å². The number of thioether (sulfide) groups is 1. The molecule has 100 valence electrons. The monoisotopic (exact) mass is 342 g/mol. The van der Waals surface area contributed by atoms with Gasteiger partial charge < -0.3 is 4.74 Å². The number of hydrogen-bond acceptors (Lipinski definition) is 3. The topological polar surface area (TPSA) is 26.3 Å². The van der Waals surface area contributed by atoms with Crippen LogP contribution < -0.4 is 4.74 Å². The van der Waals surface area contributed by atoms with E-state index in [-0.39, 0.29) is 17.1 Å². The molecule has 7 heteroatoms. The molecule has 0 aliphatic heterocycles. The largest absolute Gasteiger partial charge is 0.573 e. The van der Waals surface area contributed by atoms with Gasteiger partial charge in [0, 0.05) is 10.5 Å². The first-order chi connectivity index (χ1) is 8.23. The number of ketones is 1. The second kappa shape index (κ2) is 5.97. The average molecular weight is 343 g/mol. The molecular formula is C11H10BrF3O2S. The molecule has 0 N–H and O–H groups in total. The van der Waals surface area contributed by atoms with Crippen LogP contribution in [0.1, 0.15) is 17.3 Å². The Kier molecular flexibility index (Phi) is 5.10. The number of carbonyl (C=O) groups is 1. The van der Waals surface area contributed by atoms with E-state index < -0.39 is 11.2 Å². The number of hydrogen-bond donors (Lipinski definition) is 0. The van der Waals surface area contributed by atoms with Crippen LogP contribution in [0.3, 0.4) is 0 Å². The van der Waals surface area contributed by atoms with Crippen molar-refractivity contribution >= 4 is 33.5 Å². The summed E-state index contributed by atoms with van der Waals surface area (Å²) < 4.78 is 40.3. The van der Waals surface area contributed by atoms with E-state index in [0.29, 0.717) is 4.90 Å². The van der Waals surface area contributed by atoms with Gasteiger partial charge in [-0.2, -0.15) is 0 Å². The van der Waals surface area contributed by atoms with Crippen LogP contribution in [0, 0.1) is 0 Å². The summed E-state index contributed by atoms with van der Waals surface area (Å²) in [5, 5.41) is 0. The molecule has 0 heterocycles. The van der Waals surface area contributed by atoms with Gasteiger partial charge in [0.1, 0.15) is 5.75 Å². The number of alkyl halides is 4. The molecule has 1 unspecified atom stereocenters. The minimum absolute atomic E-state index is 0.186. The summed E-state index contributed by atoms with van der Waals surface area (Å²) >= 11 is 4.33. The predicted molar refractivity (Wildman–Crippen MR) is 67.6 cm³/mol. The Morgan fingerprint density at radius 3 is 2.44 bits per heavy atom. The Hall–Kier alpha value is -0.690. The van der Waals surface area contributed by atoms with Crippen LogP contribution in [0.4, 0.5) is 13.2 Å². The zero-order chi connectivity index (χ0) is 13.9. The van der Waals surface area contributed by atoms with Crippen molar-refractivity contribution in [3.8, 4) is 5.75 Å². The second-order valence-electron chi connectivity index (χ2n) is 3.43. The molecule has 0 fully saturated rings. The summed E-state index contributed by atoms with van der Waals surface area (Å²) in [6.45, 7) is 1.61. The molecule has 18 heavy (non-hydrogen) atoms. The quantitative estimate of drug-likeness (QED) is 0.464. The van der Waals surface area contributed by atoms with Crippen molar-refractivity contribution in [1.29, 1.82) is 0 Å². The van der Waals surface area contributed by atoms with E-state index in [0.717, 1.165) is 6.07 Å². The highest BCUT2D eigenvalue weighted by Crippen LogP contribution is 2.29. The van der Waals surface area contributed by atoms with Crippen LogP contribution in [0.25, 0.3) is 0 Å². The third-order valence-corrected chi connectivity index (χ3v) is 3.12. The summed E-state index contributed by atoms with van der Waals surface area (Å²) in [6, 6.07) is 3.87. The standard InChI is InChI=1S/C11H10BrF3O2S/c1-6(12)10(16)7-3-8(17-11(13,14)15)5-9(4-7)18-2/h3-6H,1-2H3. The lowest BCUT2D eigenvalue weighted by Crippen LogP contribution is -2.18. The highest BCUT2D eigenvalue weighted by molar-refractivity contribution is 9.10. The third kappa shape index (κ3) is 4.53. The molecule has 1 aromatic rings. The summed E-state index contributed by atoms with van der Waals surface area (Å²) in [6.07, 6.45) is -3.06. The Morgan fingerprint density at radius 2 is 2.00 bits per heavy atom. The average Bonchev–Trinajstić information content (AvgIpc) is 2.24. The van der Waals surface area contributed by atoms with Crippen molar-refractivity contribution < 1.29 is 22.7 Å². The van der Waals surface area contributed by atoms with Crippen molar-refractivity contribution in [3.63, 3.8) is 0 Å². The molecule has 1 atom stereocenters. The molecule has 0 spiro atoms. The lowest BCUT2D eigenvalue weighted by atomic mass is 10.1. The molecule has 0 aliphatic rings. The van der Waals surface area contributed by atoms with Crippen LogP contribution in [0.5, 0.6) is 5.75 Å². The van der Waals surface area contributed by atoms with Crippen molar-refractivity contribution in [2.24, 2.45) is 0 Å². The van der Waals surface area contributed by atoms with Crippen molar-refractivity contribution in [3.05, 3.63) is 23.8 Å². The van der Waals surface area contributed by atoms with Gasteiger partial charge in [0.2, 0.25) is 0 Å². The van der Waals surface area contributed by atoms with E-state index in [2.05, 4.69) is 20.7 Å². The van der Waals surface area contributed by atoms with Crippen molar-refractivity contribution in [2.75, 3.05) is 6.26 Å². The van der Waals surface area contributed by atoms with E-state index in [9.17, 15) is 18.0 Å². The summed E-state index contributed by atoms with van der Waals surface area (Å²) in [7, 11) is 0. The zero-order valence-corrected chi connectivity index (χ0v) is 11.9. The van der Waals surface area contributed by atoms with Crippen molar-refractivity contribution in [1.82, 2.24) is 0 Å². The van der Waals surface area contributed by atoms with Gasteiger partial charge in [-0.15, -0.1) is 24.9 Å². The number of halogens is 4. The van der Waals surface area contributed by atoms with Gasteiger partial charge in [-0.05, 0) is 31.4 Å². The fourth-order valence-electron chi connectivity index (χ4n) is 1.25. The Bertz CT molecular complexity index is 446. The molecule has 1 aromatic carbocycles. The Labute approximate surface area is 115 Å². The second-order valence-corrected chi connectivity index (χ2v) is 5.68. The van der Waals surface area contributed by atoms with Crippen LogP contribution in [-0.2, 0) is 0 Å². The molecule has 0 aromatic heterocycles. The first-order valence-electron chi connectivity index (χ1n) is 4.86. The predicted octanol–water partition coefficient (Wildman–Crippen LogP) is 4.27. The highest BCUT2D eigenvalue weighted by atomic mass is 79.9. The van der Waals surface area contributed by atoms with Gasteiger partial charge in [-0.25, -0.2) is 0 Å². The first kappa shape index (κ1) is 15.4. The van der Waals surface area contributed by atoms with E-state index in [1.165, 1.54) is 23.9 Å². The molecule has 0 saturated carbocycles. The fraction of sp³-hybridized carbons (Fsp3) is 0.364. The highest BCUT2D eigenvalue weighted by Gasteiger charge is 2.31. The molecule has 2 nitrogen and oxygen atoms in total. The number of carbonyl (C=O) groups excluding carboxylic acids is 1. The van der Waals surface area contributed by atoms with E-state index >= 15 is 0 Å². The lowest BCUT2D eigenvalue weighted by molar-refractivity contribution is -0.274. The maximum Gasteiger partial charge on any atom is 0.573 e. The Morgan fingerprint density at radius 1 is 1.39 bits per heavy atom. The number of rotatable bonds is 4. The number of benzene rings is 1. The molecule has 0 amide bonds. The third-order valence-electron chi connectivity index (χ3n) is 2.00. The molecule has 0 aliphatic carbocycles. The molecular weight excluding hydrogens is 333 g/mol. The van der Waals surface area contributed by atoms with Crippen LogP contribution in [0.2, 0.25) is 0 Å². The smallest absolute Gasteiger partial charge is 0.406 e. The maximum absolute atomic E-state index is 12.1. The van der Waals surface area contributed by atoms with Gasteiger partial charge >= 0.3 is 6.36 Å². The van der Waals surface area contributed by atoms with Gasteiger partial charge in [0.25, 0.3) is 0 Å². The molecule has 1 rings (SSSR count). The summed E-state index contributed by atoms with van der Waals surface area (Å²) in [5.41, 5.74) is 0.186. The minimum atomic E-state index is -4.77. The van der Waals surface area contributed by atoms with Gasteiger partial charge in [0.05, 0.1) is 4.83 Å². The van der Waals surface area contributed by atoms with Crippen LogP contribution in [0.15, 0.2) is 23.1 Å². The van der Waals surface area contributed by atoms with E-state index in [1.54, 1.807) is 13.2 Å². The number of Topliss-reactive ketones (excluding diaryl/α,β-unsaturated/α-hetero) is 1. The minimum Gasteiger partial charge on any atom is -0.406 e. The van der Waals surface area contributed by atoms with Gasteiger partial charge in [-0.3, -0.25) is 4.79 Å². The molecule has 0 bridgehead atoms. The van der Waals surface area contributed by atoms with E-state index in [1.807, 2.05) is 0 Å². The lowest BCUT2D eigenvalue weighted by Gasteiger charge is -2.12. The van der Waals surface area contributed by atoms with Gasteiger partial charge in [-0.1, -0.05) is 15.9 Å². The van der Waals surface area contributed by atoms with Crippen LogP contribution in [-0.4, -0.2) is 23.2 Å². The van der Waals surface area contributed by atoms with Crippen molar-refractivity contribution in [2.45, 2.75) is 23.0 Å². The fourth-order valence-corrected chi connectivity index (χ4v) is 2.00. The molecule has 0 radical (unpaired) electrons. The first-order valence-corrected chi connectivity index (χ1v) is 7.00. The normalized spacial score (nSPS) is 13.2. The summed E-state index contributed by atoms with van der Waals surface area (Å²) in [5.74, 6) is -0.677. The van der Waals surface area contributed by atoms with Gasteiger partial charge in [0.15, 0.2) is 5.78 Å².